The second-order valence-corrected chi connectivity index (χ2v) is 6.31. The van der Waals surface area contributed by atoms with Gasteiger partial charge in [0, 0.05) is 49.6 Å². The van der Waals surface area contributed by atoms with Crippen LogP contribution in [0.2, 0.25) is 0 Å². The zero-order valence-electron chi connectivity index (χ0n) is 15.8. The molecule has 0 atom stereocenters. The molecule has 0 unspecified atom stereocenters. The standard InChI is InChI=1S/C19H20N8O.ClH/c1-28-17-8-14(27-6-4-21-5-7-27)2-3-15(17)16-9-18(26-25-16)24-19-12-22-13(10-20)11-23-19;/h2-3,8-9,11-12,21H,4-7H2,1H3,(H2,23,24,25,26);1H. The van der Waals surface area contributed by atoms with Crippen LogP contribution < -0.4 is 20.3 Å². The van der Waals surface area contributed by atoms with Crippen molar-refractivity contribution in [2.24, 2.45) is 0 Å². The number of aromatic amines is 1. The first-order chi connectivity index (χ1) is 13.8. The summed E-state index contributed by atoms with van der Waals surface area (Å²) in [5.41, 5.74) is 3.16. The molecule has 0 radical (unpaired) electrons. The van der Waals surface area contributed by atoms with E-state index in [1.54, 1.807) is 7.11 Å². The van der Waals surface area contributed by atoms with E-state index in [4.69, 9.17) is 10.00 Å². The van der Waals surface area contributed by atoms with E-state index in [-0.39, 0.29) is 18.1 Å². The lowest BCUT2D eigenvalue weighted by Gasteiger charge is -2.29. The van der Waals surface area contributed by atoms with Crippen molar-refractivity contribution in [2.45, 2.75) is 0 Å². The van der Waals surface area contributed by atoms with Gasteiger partial charge in [-0.25, -0.2) is 9.97 Å². The molecule has 0 aliphatic carbocycles. The summed E-state index contributed by atoms with van der Waals surface area (Å²) in [7, 11) is 1.67. The van der Waals surface area contributed by atoms with Gasteiger partial charge in [-0.2, -0.15) is 10.4 Å². The summed E-state index contributed by atoms with van der Waals surface area (Å²) in [6.07, 6.45) is 2.91. The normalized spacial score (nSPS) is 13.3. The number of H-pyrrole nitrogens is 1. The van der Waals surface area contributed by atoms with Gasteiger partial charge in [-0.1, -0.05) is 0 Å². The highest BCUT2D eigenvalue weighted by atomic mass is 35.5. The Bertz CT molecular complexity index is 992. The Morgan fingerprint density at radius 2 is 1.97 bits per heavy atom. The lowest BCUT2D eigenvalue weighted by molar-refractivity contribution is 0.416. The smallest absolute Gasteiger partial charge is 0.158 e. The van der Waals surface area contributed by atoms with Crippen LogP contribution in [0, 0.1) is 11.3 Å². The highest BCUT2D eigenvalue weighted by Gasteiger charge is 2.15. The largest absolute Gasteiger partial charge is 0.496 e. The van der Waals surface area contributed by atoms with Crippen LogP contribution in [0.4, 0.5) is 17.3 Å². The molecule has 0 spiro atoms. The number of nitriles is 1. The number of nitrogens with zero attached hydrogens (tertiary/aromatic N) is 5. The number of halogens is 1. The highest BCUT2D eigenvalue weighted by Crippen LogP contribution is 2.34. The number of methoxy groups -OCH3 is 1. The maximum absolute atomic E-state index is 8.79. The van der Waals surface area contributed by atoms with Gasteiger partial charge in [0.1, 0.15) is 17.6 Å². The summed E-state index contributed by atoms with van der Waals surface area (Å²) in [6.45, 7) is 3.92. The maximum atomic E-state index is 8.79. The van der Waals surface area contributed by atoms with Crippen LogP contribution >= 0.6 is 12.4 Å². The molecule has 2 aromatic heterocycles. The van der Waals surface area contributed by atoms with E-state index in [2.05, 4.69) is 47.8 Å². The van der Waals surface area contributed by atoms with Crippen molar-refractivity contribution < 1.29 is 4.74 Å². The number of piperazine rings is 1. The zero-order valence-corrected chi connectivity index (χ0v) is 16.7. The summed E-state index contributed by atoms with van der Waals surface area (Å²) < 4.78 is 5.62. The van der Waals surface area contributed by atoms with Crippen molar-refractivity contribution in [1.82, 2.24) is 25.5 Å². The van der Waals surface area contributed by atoms with E-state index < -0.39 is 0 Å². The molecule has 0 bridgehead atoms. The number of nitrogens with one attached hydrogen (secondary N) is 3. The fourth-order valence-corrected chi connectivity index (χ4v) is 3.13. The molecule has 1 saturated heterocycles. The second-order valence-electron chi connectivity index (χ2n) is 6.31. The third kappa shape index (κ3) is 4.56. The van der Waals surface area contributed by atoms with Crippen molar-refractivity contribution in [3.05, 3.63) is 42.4 Å². The Hall–Kier alpha value is -3.35. The molecular weight excluding hydrogens is 392 g/mol. The van der Waals surface area contributed by atoms with E-state index in [0.717, 1.165) is 48.9 Å². The average molecular weight is 413 g/mol. The number of hydrogen-bond donors (Lipinski definition) is 3. The molecule has 10 heteroatoms. The third-order valence-electron chi connectivity index (χ3n) is 4.56. The van der Waals surface area contributed by atoms with E-state index in [0.29, 0.717) is 11.6 Å². The van der Waals surface area contributed by atoms with Gasteiger partial charge in [0.2, 0.25) is 0 Å². The predicted molar refractivity (Wildman–Crippen MR) is 113 cm³/mol. The Balaban J connectivity index is 0.00000240. The van der Waals surface area contributed by atoms with Crippen LogP contribution in [0.25, 0.3) is 11.3 Å². The van der Waals surface area contributed by atoms with Crippen LogP contribution in [0.1, 0.15) is 5.69 Å². The minimum absolute atomic E-state index is 0. The molecule has 4 rings (SSSR count). The Labute approximate surface area is 174 Å². The fraction of sp³-hybridized carbons (Fsp3) is 0.263. The highest BCUT2D eigenvalue weighted by molar-refractivity contribution is 5.85. The lowest BCUT2D eigenvalue weighted by atomic mass is 10.1. The van der Waals surface area contributed by atoms with Crippen LogP contribution in [0.15, 0.2) is 36.7 Å². The molecule has 3 heterocycles. The number of benzene rings is 1. The fourth-order valence-electron chi connectivity index (χ4n) is 3.13. The number of anilines is 3. The SMILES string of the molecule is COc1cc(N2CCNCC2)ccc1-c1cc(Nc2cnc(C#N)cn2)n[nH]1.Cl. The molecule has 0 saturated carbocycles. The first-order valence-electron chi connectivity index (χ1n) is 8.95. The van der Waals surface area contributed by atoms with Gasteiger partial charge in [-0.15, -0.1) is 12.4 Å². The van der Waals surface area contributed by atoms with Gasteiger partial charge in [0.25, 0.3) is 0 Å². The quantitative estimate of drug-likeness (QED) is 0.584. The number of aromatic nitrogens is 4. The summed E-state index contributed by atoms with van der Waals surface area (Å²) in [4.78, 5) is 10.5. The number of rotatable bonds is 5. The molecule has 1 aliphatic heterocycles. The first-order valence-corrected chi connectivity index (χ1v) is 8.95. The molecule has 1 aliphatic rings. The Morgan fingerprint density at radius 3 is 2.66 bits per heavy atom. The van der Waals surface area contributed by atoms with E-state index in [1.807, 2.05) is 18.2 Å². The molecule has 29 heavy (non-hydrogen) atoms. The van der Waals surface area contributed by atoms with Crippen molar-refractivity contribution in [2.75, 3.05) is 43.5 Å². The van der Waals surface area contributed by atoms with Gasteiger partial charge in [-0.3, -0.25) is 5.10 Å². The van der Waals surface area contributed by atoms with Gasteiger partial charge in [0.15, 0.2) is 11.5 Å². The van der Waals surface area contributed by atoms with E-state index >= 15 is 0 Å². The van der Waals surface area contributed by atoms with Crippen LogP contribution in [0.5, 0.6) is 5.75 Å². The molecule has 3 N–H and O–H groups in total. The monoisotopic (exact) mass is 412 g/mol. The average Bonchev–Trinajstić information content (AvgIpc) is 3.22. The number of hydrogen-bond acceptors (Lipinski definition) is 8. The van der Waals surface area contributed by atoms with Crippen LogP contribution in [0.3, 0.4) is 0 Å². The van der Waals surface area contributed by atoms with E-state index in [9.17, 15) is 0 Å². The Kier molecular flexibility index (Phi) is 6.49. The molecule has 3 aromatic rings. The predicted octanol–water partition coefficient (Wildman–Crippen LogP) is 2.32. The van der Waals surface area contributed by atoms with Crippen LogP contribution in [-0.2, 0) is 0 Å². The molecule has 1 aromatic carbocycles. The molecule has 0 amide bonds. The van der Waals surface area contributed by atoms with Gasteiger partial charge >= 0.3 is 0 Å². The topological polar surface area (TPSA) is 115 Å². The number of ether oxygens (including phenoxy) is 1. The third-order valence-corrected chi connectivity index (χ3v) is 4.56. The summed E-state index contributed by atoms with van der Waals surface area (Å²) in [5.74, 6) is 1.89. The minimum Gasteiger partial charge on any atom is -0.496 e. The first kappa shape index (κ1) is 20.4. The summed E-state index contributed by atoms with van der Waals surface area (Å²) >= 11 is 0. The summed E-state index contributed by atoms with van der Waals surface area (Å²) in [6, 6.07) is 10.0. The van der Waals surface area contributed by atoms with Crippen molar-refractivity contribution >= 4 is 29.7 Å². The van der Waals surface area contributed by atoms with E-state index in [1.165, 1.54) is 12.4 Å². The minimum atomic E-state index is 0. The van der Waals surface area contributed by atoms with Crippen molar-refractivity contribution in [1.29, 1.82) is 5.26 Å². The second kappa shape index (κ2) is 9.23. The Morgan fingerprint density at radius 1 is 1.14 bits per heavy atom. The molecule has 9 nitrogen and oxygen atoms in total. The van der Waals surface area contributed by atoms with Gasteiger partial charge in [0.05, 0.1) is 25.2 Å². The lowest BCUT2D eigenvalue weighted by Crippen LogP contribution is -2.43. The molecule has 1 fully saturated rings. The molecular formula is C19H21ClN8O. The van der Waals surface area contributed by atoms with Crippen molar-refractivity contribution in [3.8, 4) is 23.1 Å². The van der Waals surface area contributed by atoms with Crippen molar-refractivity contribution in [3.63, 3.8) is 0 Å². The van der Waals surface area contributed by atoms with Crippen LogP contribution in [-0.4, -0.2) is 53.5 Å². The summed E-state index contributed by atoms with van der Waals surface area (Å²) in [5, 5.41) is 22.5. The van der Waals surface area contributed by atoms with Gasteiger partial charge < -0.3 is 20.3 Å². The van der Waals surface area contributed by atoms with Gasteiger partial charge in [-0.05, 0) is 12.1 Å². The zero-order chi connectivity index (χ0) is 19.3. The molecule has 150 valence electrons. The maximum Gasteiger partial charge on any atom is 0.158 e.